The minimum atomic E-state index is -4.24. The molecule has 0 atom stereocenters. The Kier molecular flexibility index (Phi) is 3.98. The summed E-state index contributed by atoms with van der Waals surface area (Å²) in [6, 6.07) is 3.32. The van der Waals surface area contributed by atoms with Gasteiger partial charge in [0.1, 0.15) is 10.7 Å². The van der Waals surface area contributed by atoms with Crippen molar-refractivity contribution in [3.8, 4) is 0 Å². The van der Waals surface area contributed by atoms with Crippen LogP contribution in [-0.2, 0) is 10.0 Å². The van der Waals surface area contributed by atoms with Gasteiger partial charge in [0.05, 0.1) is 5.02 Å². The number of aromatic nitrogens is 2. The lowest BCUT2D eigenvalue weighted by molar-refractivity contribution is 0.570. The molecule has 1 aromatic heterocycles. The number of nitrogens with zero attached hydrogens (tertiary/aromatic N) is 2. The minimum absolute atomic E-state index is 0.0116. The Morgan fingerprint density at radius 1 is 1.30 bits per heavy atom. The van der Waals surface area contributed by atoms with E-state index in [-0.39, 0.29) is 16.8 Å². The second kappa shape index (κ2) is 5.39. The van der Waals surface area contributed by atoms with Crippen LogP contribution in [0.25, 0.3) is 0 Å². The van der Waals surface area contributed by atoms with E-state index in [0.29, 0.717) is 0 Å². The van der Waals surface area contributed by atoms with E-state index in [9.17, 15) is 12.8 Å². The van der Waals surface area contributed by atoms with Gasteiger partial charge in [0, 0.05) is 11.9 Å². The summed E-state index contributed by atoms with van der Waals surface area (Å²) in [5, 5.41) is -0.553. The fourth-order valence-electron chi connectivity index (χ4n) is 1.36. The molecule has 0 bridgehead atoms. The van der Waals surface area contributed by atoms with Crippen LogP contribution in [0.3, 0.4) is 0 Å². The predicted molar refractivity (Wildman–Crippen MR) is 73.7 cm³/mol. The van der Waals surface area contributed by atoms with Crippen molar-refractivity contribution in [1.29, 1.82) is 0 Å². The van der Waals surface area contributed by atoms with Crippen molar-refractivity contribution in [1.82, 2.24) is 9.97 Å². The van der Waals surface area contributed by atoms with Crippen molar-refractivity contribution in [3.05, 3.63) is 40.5 Å². The maximum absolute atomic E-state index is 13.8. The number of nitrogen functional groups attached to an aromatic ring is 1. The first kappa shape index (κ1) is 14.8. The van der Waals surface area contributed by atoms with Crippen LogP contribution in [0.5, 0.6) is 0 Å². The lowest BCUT2D eigenvalue weighted by Gasteiger charge is -2.09. The molecule has 2 rings (SSSR count). The van der Waals surface area contributed by atoms with E-state index < -0.39 is 25.8 Å². The smallest absolute Gasteiger partial charge is 0.266 e. The molecular weight excluding hydrogens is 330 g/mol. The van der Waals surface area contributed by atoms with Crippen LogP contribution in [0.2, 0.25) is 10.3 Å². The first-order valence-electron chi connectivity index (χ1n) is 5.05. The molecule has 0 aliphatic rings. The molecule has 2 aromatic rings. The number of benzene rings is 1. The van der Waals surface area contributed by atoms with E-state index >= 15 is 0 Å². The van der Waals surface area contributed by atoms with Gasteiger partial charge in [0.15, 0.2) is 5.82 Å². The number of halogens is 3. The Labute approximate surface area is 123 Å². The summed E-state index contributed by atoms with van der Waals surface area (Å²) >= 11 is 11.1. The number of hydrogen-bond acceptors (Lipinski definition) is 5. The zero-order valence-corrected chi connectivity index (χ0v) is 12.0. The van der Waals surface area contributed by atoms with Crippen molar-refractivity contribution in [2.75, 3.05) is 10.5 Å². The molecule has 0 aliphatic heterocycles. The van der Waals surface area contributed by atoms with Crippen LogP contribution in [0.4, 0.5) is 15.9 Å². The molecule has 20 heavy (non-hydrogen) atoms. The standard InChI is InChI=1S/C10H7Cl2FN4O2S/c11-6-3-5(14)4-7(9(6)13)20(18,19)17-8-1-2-15-10(12)16-8/h1-4H,14H2,(H,15,16,17). The predicted octanol–water partition coefficient (Wildman–Crippen LogP) is 2.31. The molecular formula is C10H7Cl2FN4O2S. The van der Waals surface area contributed by atoms with Gasteiger partial charge in [-0.05, 0) is 29.8 Å². The molecule has 1 heterocycles. The van der Waals surface area contributed by atoms with Crippen LogP contribution in [0.1, 0.15) is 0 Å². The van der Waals surface area contributed by atoms with Crippen molar-refractivity contribution >= 4 is 44.7 Å². The Bertz CT molecular complexity index is 770. The highest BCUT2D eigenvalue weighted by molar-refractivity contribution is 7.92. The molecule has 6 nitrogen and oxygen atoms in total. The molecule has 0 radical (unpaired) electrons. The van der Waals surface area contributed by atoms with E-state index in [1.54, 1.807) is 0 Å². The van der Waals surface area contributed by atoms with Crippen LogP contribution in [0.15, 0.2) is 29.3 Å². The summed E-state index contributed by atoms with van der Waals surface area (Å²) < 4.78 is 40.0. The molecule has 0 saturated heterocycles. The molecule has 0 fully saturated rings. The SMILES string of the molecule is Nc1cc(Cl)c(F)c(S(=O)(=O)Nc2ccnc(Cl)n2)c1. The van der Waals surface area contributed by atoms with Crippen LogP contribution in [-0.4, -0.2) is 18.4 Å². The third kappa shape index (κ3) is 3.09. The highest BCUT2D eigenvalue weighted by Crippen LogP contribution is 2.26. The third-order valence-electron chi connectivity index (χ3n) is 2.17. The summed E-state index contributed by atoms with van der Waals surface area (Å²) in [4.78, 5) is 6.55. The first-order chi connectivity index (χ1) is 9.29. The van der Waals surface area contributed by atoms with Crippen LogP contribution < -0.4 is 10.5 Å². The zero-order valence-electron chi connectivity index (χ0n) is 9.64. The first-order valence-corrected chi connectivity index (χ1v) is 7.29. The highest BCUT2D eigenvalue weighted by atomic mass is 35.5. The maximum atomic E-state index is 13.8. The summed E-state index contributed by atoms with van der Waals surface area (Å²) in [6.07, 6.45) is 1.25. The Hall–Kier alpha value is -1.64. The normalized spacial score (nSPS) is 11.3. The lowest BCUT2D eigenvalue weighted by Crippen LogP contribution is -2.16. The lowest BCUT2D eigenvalue weighted by atomic mass is 10.3. The fourth-order valence-corrected chi connectivity index (χ4v) is 2.93. The van der Waals surface area contributed by atoms with Gasteiger partial charge in [0.2, 0.25) is 5.28 Å². The number of rotatable bonds is 3. The molecule has 0 spiro atoms. The average molecular weight is 337 g/mol. The van der Waals surface area contributed by atoms with E-state index in [1.165, 1.54) is 12.3 Å². The second-order valence-corrected chi connectivity index (χ2v) is 6.03. The minimum Gasteiger partial charge on any atom is -0.399 e. The van der Waals surface area contributed by atoms with Gasteiger partial charge in [0.25, 0.3) is 10.0 Å². The average Bonchev–Trinajstić information content (AvgIpc) is 2.33. The van der Waals surface area contributed by atoms with Gasteiger partial charge in [-0.25, -0.2) is 17.8 Å². The highest BCUT2D eigenvalue weighted by Gasteiger charge is 2.22. The van der Waals surface area contributed by atoms with Crippen molar-refractivity contribution in [2.45, 2.75) is 4.90 Å². The largest absolute Gasteiger partial charge is 0.399 e. The molecule has 10 heteroatoms. The van der Waals surface area contributed by atoms with Crippen molar-refractivity contribution in [2.24, 2.45) is 0 Å². The van der Waals surface area contributed by atoms with Crippen LogP contribution >= 0.6 is 23.2 Å². The maximum Gasteiger partial charge on any atom is 0.266 e. The number of sulfonamides is 1. The molecule has 1 aromatic carbocycles. The zero-order chi connectivity index (χ0) is 14.9. The van der Waals surface area contributed by atoms with E-state index in [4.69, 9.17) is 28.9 Å². The van der Waals surface area contributed by atoms with E-state index in [1.807, 2.05) is 0 Å². The molecule has 3 N–H and O–H groups in total. The summed E-state index contributed by atoms with van der Waals surface area (Å²) in [7, 11) is -4.24. The monoisotopic (exact) mass is 336 g/mol. The quantitative estimate of drug-likeness (QED) is 0.662. The van der Waals surface area contributed by atoms with Gasteiger partial charge in [-0.2, -0.15) is 4.98 Å². The Morgan fingerprint density at radius 2 is 2.00 bits per heavy atom. The molecule has 0 unspecified atom stereocenters. The number of nitrogens with one attached hydrogen (secondary N) is 1. The summed E-state index contributed by atoms with van der Waals surface area (Å²) in [5.41, 5.74) is 5.46. The molecule has 0 saturated carbocycles. The number of anilines is 2. The van der Waals surface area contributed by atoms with Crippen LogP contribution in [0, 0.1) is 5.82 Å². The summed E-state index contributed by atoms with van der Waals surface area (Å²) in [6.45, 7) is 0. The third-order valence-corrected chi connectivity index (χ3v) is 3.98. The van der Waals surface area contributed by atoms with Gasteiger partial charge in [-0.3, -0.25) is 4.72 Å². The topological polar surface area (TPSA) is 98.0 Å². The Morgan fingerprint density at radius 3 is 2.65 bits per heavy atom. The van der Waals surface area contributed by atoms with E-state index in [0.717, 1.165) is 12.1 Å². The number of nitrogens with two attached hydrogens (primary N) is 1. The van der Waals surface area contributed by atoms with Crippen molar-refractivity contribution in [3.63, 3.8) is 0 Å². The van der Waals surface area contributed by atoms with Crippen molar-refractivity contribution < 1.29 is 12.8 Å². The molecule has 0 amide bonds. The van der Waals surface area contributed by atoms with Gasteiger partial charge in [-0.1, -0.05) is 11.6 Å². The molecule has 106 valence electrons. The van der Waals surface area contributed by atoms with Gasteiger partial charge in [-0.15, -0.1) is 0 Å². The fraction of sp³-hybridized carbons (Fsp3) is 0. The summed E-state index contributed by atoms with van der Waals surface area (Å²) in [5.74, 6) is -1.21. The van der Waals surface area contributed by atoms with Gasteiger partial charge >= 0.3 is 0 Å². The van der Waals surface area contributed by atoms with E-state index in [2.05, 4.69) is 14.7 Å². The Balaban J connectivity index is 2.46. The second-order valence-electron chi connectivity index (χ2n) is 3.63. The van der Waals surface area contributed by atoms with Gasteiger partial charge < -0.3 is 5.73 Å². The number of hydrogen-bond donors (Lipinski definition) is 2. The molecule has 0 aliphatic carbocycles.